The summed E-state index contributed by atoms with van der Waals surface area (Å²) in [6, 6.07) is 6.10. The molecule has 0 N–H and O–H groups in total. The molecule has 0 bridgehead atoms. The zero-order valence-electron chi connectivity index (χ0n) is 15.1. The fraction of sp³-hybridized carbons (Fsp3) is 0.474. The van der Waals surface area contributed by atoms with Crippen molar-refractivity contribution in [1.82, 2.24) is 24.6 Å². The van der Waals surface area contributed by atoms with E-state index in [2.05, 4.69) is 38.8 Å². The van der Waals surface area contributed by atoms with Crippen LogP contribution in [-0.4, -0.2) is 50.7 Å². The van der Waals surface area contributed by atoms with Crippen LogP contribution in [0.4, 0.5) is 11.6 Å². The van der Waals surface area contributed by atoms with Gasteiger partial charge in [-0.1, -0.05) is 13.0 Å². The lowest BCUT2D eigenvalue weighted by atomic mass is 10.2. The normalized spacial score (nSPS) is 17.1. The Bertz CT molecular complexity index is 926. The second-order valence-electron chi connectivity index (χ2n) is 6.97. The topological polar surface area (TPSA) is 62.5 Å². The molecule has 2 aliphatic rings. The number of hydrogen-bond donors (Lipinski definition) is 0. The van der Waals surface area contributed by atoms with Gasteiger partial charge in [-0.25, -0.2) is 9.97 Å². The molecule has 1 aliphatic carbocycles. The Kier molecular flexibility index (Phi) is 3.72. The molecule has 26 heavy (non-hydrogen) atoms. The van der Waals surface area contributed by atoms with Gasteiger partial charge in [0.2, 0.25) is 0 Å². The SMILES string of the molecule is CCc1nc2nc3c(c(N4CCN(c5ccccn5)CC4)n2n1)CCC3. The van der Waals surface area contributed by atoms with Gasteiger partial charge in [0.1, 0.15) is 11.6 Å². The molecule has 0 radical (unpaired) electrons. The van der Waals surface area contributed by atoms with Crippen molar-refractivity contribution in [1.29, 1.82) is 0 Å². The molecule has 0 spiro atoms. The summed E-state index contributed by atoms with van der Waals surface area (Å²) in [4.78, 5) is 18.7. The minimum absolute atomic E-state index is 0.754. The third-order valence-electron chi connectivity index (χ3n) is 5.40. The van der Waals surface area contributed by atoms with Crippen LogP contribution in [0.1, 0.15) is 30.4 Å². The van der Waals surface area contributed by atoms with Gasteiger partial charge in [-0.3, -0.25) is 0 Å². The van der Waals surface area contributed by atoms with Crippen molar-refractivity contribution in [2.45, 2.75) is 32.6 Å². The Labute approximate surface area is 152 Å². The number of nitrogens with zero attached hydrogens (tertiary/aromatic N) is 7. The van der Waals surface area contributed by atoms with E-state index in [1.165, 1.54) is 23.5 Å². The van der Waals surface area contributed by atoms with E-state index >= 15 is 0 Å². The molecule has 7 nitrogen and oxygen atoms in total. The molecule has 3 aromatic heterocycles. The van der Waals surface area contributed by atoms with Gasteiger partial charge in [-0.05, 0) is 31.4 Å². The molecule has 0 saturated carbocycles. The molecule has 1 fully saturated rings. The summed E-state index contributed by atoms with van der Waals surface area (Å²) in [5, 5.41) is 4.74. The zero-order valence-corrected chi connectivity index (χ0v) is 15.1. The van der Waals surface area contributed by atoms with E-state index < -0.39 is 0 Å². The van der Waals surface area contributed by atoms with Crippen LogP contribution in [0.5, 0.6) is 0 Å². The van der Waals surface area contributed by atoms with Crippen LogP contribution in [0.15, 0.2) is 24.4 Å². The van der Waals surface area contributed by atoms with Crippen LogP contribution in [-0.2, 0) is 19.3 Å². The third-order valence-corrected chi connectivity index (χ3v) is 5.40. The number of fused-ring (bicyclic) bond motifs is 2. The van der Waals surface area contributed by atoms with Gasteiger partial charge in [-0.15, -0.1) is 5.10 Å². The fourth-order valence-corrected chi connectivity index (χ4v) is 4.06. The lowest BCUT2D eigenvalue weighted by Gasteiger charge is -2.37. The van der Waals surface area contributed by atoms with Crippen LogP contribution in [0.2, 0.25) is 0 Å². The molecule has 5 rings (SSSR count). The number of hydrogen-bond acceptors (Lipinski definition) is 6. The first-order valence-electron chi connectivity index (χ1n) is 9.52. The molecule has 0 unspecified atom stereocenters. The van der Waals surface area contributed by atoms with Crippen molar-refractivity contribution in [3.63, 3.8) is 0 Å². The van der Waals surface area contributed by atoms with Gasteiger partial charge < -0.3 is 9.80 Å². The highest BCUT2D eigenvalue weighted by molar-refractivity contribution is 5.57. The molecule has 1 saturated heterocycles. The van der Waals surface area contributed by atoms with Crippen molar-refractivity contribution in [2.24, 2.45) is 0 Å². The Hall–Kier alpha value is -2.70. The minimum atomic E-state index is 0.754. The van der Waals surface area contributed by atoms with E-state index in [-0.39, 0.29) is 0 Å². The molecule has 0 atom stereocenters. The summed E-state index contributed by atoms with van der Waals surface area (Å²) in [5.41, 5.74) is 2.59. The molecule has 7 heteroatoms. The summed E-state index contributed by atoms with van der Waals surface area (Å²) in [5.74, 6) is 3.90. The van der Waals surface area contributed by atoms with Gasteiger partial charge in [0, 0.05) is 44.4 Å². The van der Waals surface area contributed by atoms with Gasteiger partial charge in [0.15, 0.2) is 5.82 Å². The average molecular weight is 349 g/mol. The minimum Gasteiger partial charge on any atom is -0.353 e. The summed E-state index contributed by atoms with van der Waals surface area (Å²) in [6.45, 7) is 5.94. The van der Waals surface area contributed by atoms with Crippen LogP contribution in [0, 0.1) is 0 Å². The molecule has 4 heterocycles. The Morgan fingerprint density at radius 3 is 2.62 bits per heavy atom. The van der Waals surface area contributed by atoms with Crippen molar-refractivity contribution < 1.29 is 0 Å². The average Bonchev–Trinajstić information content (AvgIpc) is 3.33. The van der Waals surface area contributed by atoms with E-state index in [0.29, 0.717) is 0 Å². The lowest BCUT2D eigenvalue weighted by molar-refractivity contribution is 0.630. The maximum atomic E-state index is 4.78. The molecule has 3 aromatic rings. The molecule has 134 valence electrons. The largest absolute Gasteiger partial charge is 0.353 e. The maximum Gasteiger partial charge on any atom is 0.254 e. The van der Waals surface area contributed by atoms with E-state index in [9.17, 15) is 0 Å². The standard InChI is InChI=1S/C19H23N7/c1-2-16-22-19-21-15-7-5-6-14(15)18(26(19)23-16)25-12-10-24(11-13-25)17-8-3-4-9-20-17/h3-4,8-9H,2,5-7,10-13H2,1H3. The Morgan fingerprint density at radius 1 is 1.00 bits per heavy atom. The highest BCUT2D eigenvalue weighted by Gasteiger charge is 2.28. The van der Waals surface area contributed by atoms with Crippen LogP contribution >= 0.6 is 0 Å². The van der Waals surface area contributed by atoms with Crippen LogP contribution < -0.4 is 9.80 Å². The van der Waals surface area contributed by atoms with Gasteiger partial charge in [-0.2, -0.15) is 9.50 Å². The van der Waals surface area contributed by atoms with E-state index in [0.717, 1.165) is 62.9 Å². The molecule has 0 aromatic carbocycles. The quantitative estimate of drug-likeness (QED) is 0.720. The molecular formula is C19H23N7. The number of rotatable bonds is 3. The van der Waals surface area contributed by atoms with Crippen molar-refractivity contribution in [2.75, 3.05) is 36.0 Å². The van der Waals surface area contributed by atoms with Crippen molar-refractivity contribution in [3.05, 3.63) is 41.5 Å². The van der Waals surface area contributed by atoms with Gasteiger partial charge >= 0.3 is 0 Å². The molecule has 0 amide bonds. The van der Waals surface area contributed by atoms with Crippen LogP contribution in [0.25, 0.3) is 5.78 Å². The first kappa shape index (κ1) is 15.5. The predicted octanol–water partition coefficient (Wildman–Crippen LogP) is 1.90. The monoisotopic (exact) mass is 349 g/mol. The number of anilines is 2. The second-order valence-corrected chi connectivity index (χ2v) is 6.97. The number of aryl methyl sites for hydroxylation is 2. The zero-order chi connectivity index (χ0) is 17.5. The Balaban J connectivity index is 1.49. The summed E-state index contributed by atoms with van der Waals surface area (Å²) in [7, 11) is 0. The third kappa shape index (κ3) is 2.50. The fourth-order valence-electron chi connectivity index (χ4n) is 4.06. The van der Waals surface area contributed by atoms with Crippen LogP contribution in [0.3, 0.4) is 0 Å². The van der Waals surface area contributed by atoms with Crippen molar-refractivity contribution >= 4 is 17.4 Å². The summed E-state index contributed by atoms with van der Waals surface area (Å²) >= 11 is 0. The van der Waals surface area contributed by atoms with Gasteiger partial charge in [0.25, 0.3) is 5.78 Å². The smallest absolute Gasteiger partial charge is 0.254 e. The maximum absolute atomic E-state index is 4.78. The van der Waals surface area contributed by atoms with Gasteiger partial charge in [0.05, 0.1) is 5.69 Å². The first-order valence-corrected chi connectivity index (χ1v) is 9.52. The van der Waals surface area contributed by atoms with E-state index in [4.69, 9.17) is 10.1 Å². The highest BCUT2D eigenvalue weighted by atomic mass is 15.4. The second kappa shape index (κ2) is 6.23. The highest BCUT2D eigenvalue weighted by Crippen LogP contribution is 2.31. The molecule has 1 aliphatic heterocycles. The van der Waals surface area contributed by atoms with E-state index in [1.807, 2.05) is 16.8 Å². The predicted molar refractivity (Wildman–Crippen MR) is 101 cm³/mol. The molecular weight excluding hydrogens is 326 g/mol. The number of pyridine rings is 1. The number of aromatic nitrogens is 5. The van der Waals surface area contributed by atoms with Crippen molar-refractivity contribution in [3.8, 4) is 0 Å². The van der Waals surface area contributed by atoms with E-state index in [1.54, 1.807) is 0 Å². The summed E-state index contributed by atoms with van der Waals surface area (Å²) in [6.07, 6.45) is 6.02. The first-order chi connectivity index (χ1) is 12.8. The summed E-state index contributed by atoms with van der Waals surface area (Å²) < 4.78 is 1.99. The Morgan fingerprint density at radius 2 is 1.85 bits per heavy atom. The lowest BCUT2D eigenvalue weighted by Crippen LogP contribution is -2.47. The number of piperazine rings is 1.